The summed E-state index contributed by atoms with van der Waals surface area (Å²) in [6, 6.07) is 13.8. The van der Waals surface area contributed by atoms with Crippen molar-refractivity contribution < 1.29 is 13.2 Å². The highest BCUT2D eigenvalue weighted by molar-refractivity contribution is 9.10. The third-order valence-corrected chi connectivity index (χ3v) is 8.16. The van der Waals surface area contributed by atoms with Gasteiger partial charge in [0.05, 0.1) is 5.69 Å². The Morgan fingerprint density at radius 1 is 1.03 bits per heavy atom. The van der Waals surface area contributed by atoms with Crippen molar-refractivity contribution in [1.82, 2.24) is 9.21 Å². The lowest BCUT2D eigenvalue weighted by Gasteiger charge is -2.34. The van der Waals surface area contributed by atoms with Crippen molar-refractivity contribution >= 4 is 37.5 Å². The van der Waals surface area contributed by atoms with Crippen LogP contribution in [0.5, 0.6) is 0 Å². The standard InChI is InChI=1S/C22H26BrN3O3S/c1-2-21(27)26-9-8-18-14-19(23)15-20(22(18)26)30(28,29)25-12-10-24(11-13-25)16-17-6-4-3-5-7-17/h3-7,14-15H,2,8-13,16H2,1H3. The fourth-order valence-electron chi connectivity index (χ4n) is 4.21. The summed E-state index contributed by atoms with van der Waals surface area (Å²) >= 11 is 3.46. The number of hydrogen-bond donors (Lipinski definition) is 0. The van der Waals surface area contributed by atoms with Crippen LogP contribution in [0.2, 0.25) is 0 Å². The number of anilines is 1. The van der Waals surface area contributed by atoms with Gasteiger partial charge in [-0.1, -0.05) is 53.2 Å². The highest BCUT2D eigenvalue weighted by Crippen LogP contribution is 2.39. The van der Waals surface area contributed by atoms with Crippen LogP contribution in [0, 0.1) is 0 Å². The predicted octanol–water partition coefficient (Wildman–Crippen LogP) is 3.25. The van der Waals surface area contributed by atoms with E-state index in [2.05, 4.69) is 33.0 Å². The van der Waals surface area contributed by atoms with E-state index in [1.54, 1.807) is 22.2 Å². The minimum atomic E-state index is -3.70. The molecule has 2 aliphatic rings. The van der Waals surface area contributed by atoms with Gasteiger partial charge in [0.15, 0.2) is 0 Å². The molecule has 2 aliphatic heterocycles. The number of carbonyl (C=O) groups is 1. The topological polar surface area (TPSA) is 60.9 Å². The van der Waals surface area contributed by atoms with Crippen LogP contribution in [-0.4, -0.2) is 56.3 Å². The molecule has 0 radical (unpaired) electrons. The lowest BCUT2D eigenvalue weighted by atomic mass is 10.2. The molecule has 0 bridgehead atoms. The van der Waals surface area contributed by atoms with Gasteiger partial charge in [0.2, 0.25) is 15.9 Å². The molecule has 2 aromatic carbocycles. The lowest BCUT2D eigenvalue weighted by Crippen LogP contribution is -2.48. The van der Waals surface area contributed by atoms with Crippen LogP contribution in [0.15, 0.2) is 51.8 Å². The maximum Gasteiger partial charge on any atom is 0.245 e. The van der Waals surface area contributed by atoms with Gasteiger partial charge in [0.25, 0.3) is 0 Å². The number of rotatable bonds is 5. The van der Waals surface area contributed by atoms with E-state index in [0.29, 0.717) is 51.3 Å². The Morgan fingerprint density at radius 3 is 2.40 bits per heavy atom. The summed E-state index contributed by atoms with van der Waals surface area (Å²) in [5, 5.41) is 0. The summed E-state index contributed by atoms with van der Waals surface area (Å²) in [4.78, 5) is 16.6. The number of hydrogen-bond acceptors (Lipinski definition) is 4. The first-order valence-electron chi connectivity index (χ1n) is 10.3. The van der Waals surface area contributed by atoms with Crippen molar-refractivity contribution in [3.63, 3.8) is 0 Å². The zero-order valence-corrected chi connectivity index (χ0v) is 19.5. The fourth-order valence-corrected chi connectivity index (χ4v) is 6.56. The quantitative estimate of drug-likeness (QED) is 0.643. The number of halogens is 1. The van der Waals surface area contributed by atoms with Crippen molar-refractivity contribution in [3.05, 3.63) is 58.1 Å². The number of carbonyl (C=O) groups excluding carboxylic acids is 1. The Balaban J connectivity index is 1.56. The van der Waals surface area contributed by atoms with E-state index < -0.39 is 10.0 Å². The number of nitrogens with zero attached hydrogens (tertiary/aromatic N) is 3. The molecule has 160 valence electrons. The van der Waals surface area contributed by atoms with Gasteiger partial charge in [-0.2, -0.15) is 4.31 Å². The number of piperazine rings is 1. The second-order valence-electron chi connectivity index (χ2n) is 7.73. The van der Waals surface area contributed by atoms with Crippen LogP contribution in [0.25, 0.3) is 0 Å². The molecule has 1 amide bonds. The molecular formula is C22H26BrN3O3S. The van der Waals surface area contributed by atoms with Gasteiger partial charge in [-0.3, -0.25) is 9.69 Å². The first kappa shape index (κ1) is 21.5. The molecule has 0 saturated carbocycles. The Hall–Kier alpha value is -1.74. The highest BCUT2D eigenvalue weighted by Gasteiger charge is 2.36. The van der Waals surface area contributed by atoms with E-state index in [9.17, 15) is 13.2 Å². The van der Waals surface area contributed by atoms with Crippen molar-refractivity contribution in [2.45, 2.75) is 31.2 Å². The van der Waals surface area contributed by atoms with Crippen molar-refractivity contribution in [1.29, 1.82) is 0 Å². The Morgan fingerprint density at radius 2 is 1.73 bits per heavy atom. The number of sulfonamides is 1. The average molecular weight is 492 g/mol. The van der Waals surface area contributed by atoms with E-state index in [1.807, 2.05) is 24.3 Å². The first-order chi connectivity index (χ1) is 14.4. The van der Waals surface area contributed by atoms with Crippen molar-refractivity contribution in [3.8, 4) is 0 Å². The van der Waals surface area contributed by atoms with Gasteiger partial charge < -0.3 is 4.90 Å². The molecule has 30 heavy (non-hydrogen) atoms. The first-order valence-corrected chi connectivity index (χ1v) is 12.5. The van der Waals surface area contributed by atoms with Crippen LogP contribution >= 0.6 is 15.9 Å². The zero-order chi connectivity index (χ0) is 21.3. The van der Waals surface area contributed by atoms with Crippen molar-refractivity contribution in [2.24, 2.45) is 0 Å². The van der Waals surface area contributed by atoms with Gasteiger partial charge in [-0.15, -0.1) is 0 Å². The minimum absolute atomic E-state index is 0.0415. The van der Waals surface area contributed by atoms with Crippen molar-refractivity contribution in [2.75, 3.05) is 37.6 Å². The fraction of sp³-hybridized carbons (Fsp3) is 0.409. The molecular weight excluding hydrogens is 466 g/mol. The van der Waals surface area contributed by atoms with Gasteiger partial charge in [0.1, 0.15) is 4.90 Å². The van der Waals surface area contributed by atoms with Crippen LogP contribution in [0.3, 0.4) is 0 Å². The maximum atomic E-state index is 13.6. The molecule has 2 aromatic rings. The summed E-state index contributed by atoms with van der Waals surface area (Å²) < 4.78 is 29.4. The number of fused-ring (bicyclic) bond motifs is 1. The second-order valence-corrected chi connectivity index (χ2v) is 10.5. The molecule has 0 N–H and O–H groups in total. The molecule has 4 rings (SSSR count). The molecule has 0 spiro atoms. The number of amides is 1. The van der Waals surface area contributed by atoms with Gasteiger partial charge in [0, 0.05) is 50.2 Å². The van der Waals surface area contributed by atoms with E-state index in [1.165, 1.54) is 5.56 Å². The molecule has 0 aromatic heterocycles. The van der Waals surface area contributed by atoms with Crippen LogP contribution in [0.4, 0.5) is 5.69 Å². The smallest absolute Gasteiger partial charge is 0.245 e. The Bertz CT molecular complexity index is 1040. The summed E-state index contributed by atoms with van der Waals surface area (Å²) in [6.45, 7) is 5.41. The Labute approximate surface area is 186 Å². The largest absolute Gasteiger partial charge is 0.310 e. The van der Waals surface area contributed by atoms with E-state index in [-0.39, 0.29) is 10.8 Å². The third kappa shape index (κ3) is 4.19. The third-order valence-electron chi connectivity index (χ3n) is 5.79. The molecule has 2 heterocycles. The number of benzene rings is 2. The van der Waals surface area contributed by atoms with Crippen LogP contribution in [-0.2, 0) is 27.8 Å². The van der Waals surface area contributed by atoms with Gasteiger partial charge in [-0.25, -0.2) is 8.42 Å². The minimum Gasteiger partial charge on any atom is -0.310 e. The highest BCUT2D eigenvalue weighted by atomic mass is 79.9. The van der Waals surface area contributed by atoms with Gasteiger partial charge in [-0.05, 0) is 29.7 Å². The summed E-state index contributed by atoms with van der Waals surface area (Å²) in [5.74, 6) is -0.0415. The molecule has 0 atom stereocenters. The predicted molar refractivity (Wildman–Crippen MR) is 121 cm³/mol. The molecule has 1 saturated heterocycles. The monoisotopic (exact) mass is 491 g/mol. The lowest BCUT2D eigenvalue weighted by molar-refractivity contribution is -0.118. The zero-order valence-electron chi connectivity index (χ0n) is 17.1. The summed E-state index contributed by atoms with van der Waals surface area (Å²) in [6.07, 6.45) is 1.03. The second kappa shape index (κ2) is 8.78. The molecule has 1 fully saturated rings. The SMILES string of the molecule is CCC(=O)N1CCc2cc(Br)cc(S(=O)(=O)N3CCN(Cc4ccccc4)CC3)c21. The van der Waals surface area contributed by atoms with Gasteiger partial charge >= 0.3 is 0 Å². The van der Waals surface area contributed by atoms with E-state index >= 15 is 0 Å². The summed E-state index contributed by atoms with van der Waals surface area (Å²) in [7, 11) is -3.70. The maximum absolute atomic E-state index is 13.6. The normalized spacial score (nSPS) is 17.9. The molecule has 8 heteroatoms. The summed E-state index contributed by atoms with van der Waals surface area (Å²) in [5.41, 5.74) is 2.71. The van der Waals surface area contributed by atoms with E-state index in [4.69, 9.17) is 0 Å². The van der Waals surface area contributed by atoms with Crippen LogP contribution in [0.1, 0.15) is 24.5 Å². The molecule has 6 nitrogen and oxygen atoms in total. The van der Waals surface area contributed by atoms with E-state index in [0.717, 1.165) is 16.6 Å². The Kier molecular flexibility index (Phi) is 6.29. The molecule has 0 aliphatic carbocycles. The average Bonchev–Trinajstić information content (AvgIpc) is 3.17. The van der Waals surface area contributed by atoms with Crippen LogP contribution < -0.4 is 4.90 Å². The molecule has 0 unspecified atom stereocenters.